The van der Waals surface area contributed by atoms with Crippen molar-refractivity contribution in [1.82, 2.24) is 0 Å². The molecule has 100 valence electrons. The third-order valence-corrected chi connectivity index (χ3v) is 1.16. The molecule has 0 atom stereocenters. The lowest BCUT2D eigenvalue weighted by Crippen LogP contribution is -2.46. The monoisotopic (exact) mass is 270 g/mol. The van der Waals surface area contributed by atoms with Crippen LogP contribution in [0.25, 0.3) is 0 Å². The molecule has 0 aromatic heterocycles. The van der Waals surface area contributed by atoms with Crippen LogP contribution >= 0.6 is 0 Å². The fraction of sp³-hybridized carbons (Fsp3) is 0.571. The number of hydrogen-bond donors (Lipinski definition) is 0. The Hall–Kier alpha value is -1.32. The van der Waals surface area contributed by atoms with Gasteiger partial charge < -0.3 is 4.74 Å². The van der Waals surface area contributed by atoms with E-state index >= 15 is 0 Å². The van der Waals surface area contributed by atoms with Crippen molar-refractivity contribution in [3.05, 3.63) is 12.7 Å². The summed E-state index contributed by atoms with van der Waals surface area (Å²) >= 11 is 0. The molecule has 0 bridgehead atoms. The van der Waals surface area contributed by atoms with Gasteiger partial charge in [0.2, 0.25) is 0 Å². The van der Waals surface area contributed by atoms with E-state index in [9.17, 15) is 35.5 Å². The zero-order valence-electron chi connectivity index (χ0n) is 7.86. The van der Waals surface area contributed by atoms with E-state index in [4.69, 9.17) is 0 Å². The number of esters is 1. The summed E-state index contributed by atoms with van der Waals surface area (Å²) < 4.78 is 89.3. The highest BCUT2D eigenvalue weighted by molar-refractivity contribution is 5.81. The zero-order chi connectivity index (χ0) is 13.9. The standard InChI is InChI=1S/C7H5F7O3/c1-2-4(15)16-3-5(8,9)17-7(13,14)6(10,11)12/h2H,1,3H2. The highest BCUT2D eigenvalue weighted by atomic mass is 19.4. The first-order valence-electron chi connectivity index (χ1n) is 3.73. The molecular weight excluding hydrogens is 265 g/mol. The van der Waals surface area contributed by atoms with Gasteiger partial charge in [-0.1, -0.05) is 6.58 Å². The van der Waals surface area contributed by atoms with Crippen molar-refractivity contribution >= 4 is 5.97 Å². The van der Waals surface area contributed by atoms with Gasteiger partial charge in [-0.3, -0.25) is 0 Å². The summed E-state index contributed by atoms with van der Waals surface area (Å²) in [6, 6.07) is 0. The first-order valence-corrected chi connectivity index (χ1v) is 3.73. The SMILES string of the molecule is C=CC(=O)OCC(F)(F)OC(F)(F)C(F)(F)F. The van der Waals surface area contributed by atoms with Gasteiger partial charge in [0.25, 0.3) is 0 Å². The van der Waals surface area contributed by atoms with E-state index in [2.05, 4.69) is 16.1 Å². The van der Waals surface area contributed by atoms with Gasteiger partial charge in [0.05, 0.1) is 0 Å². The molecule has 0 radical (unpaired) electrons. The molecule has 0 saturated carbocycles. The van der Waals surface area contributed by atoms with Crippen LogP contribution in [0.1, 0.15) is 0 Å². The molecule has 10 heteroatoms. The highest BCUT2D eigenvalue weighted by Crippen LogP contribution is 2.40. The number of carbonyl (C=O) groups is 1. The summed E-state index contributed by atoms with van der Waals surface area (Å²) in [4.78, 5) is 10.3. The molecule has 0 spiro atoms. The number of carbonyl (C=O) groups excluding carboxylic acids is 1. The van der Waals surface area contributed by atoms with Crippen molar-refractivity contribution in [3.63, 3.8) is 0 Å². The van der Waals surface area contributed by atoms with E-state index in [1.165, 1.54) is 0 Å². The van der Waals surface area contributed by atoms with Crippen LogP contribution in [-0.4, -0.2) is 31.0 Å². The number of alkyl halides is 7. The van der Waals surface area contributed by atoms with Crippen LogP contribution in [0.2, 0.25) is 0 Å². The average molecular weight is 270 g/mol. The Labute approximate surface area is 89.8 Å². The molecule has 0 rings (SSSR count). The maximum atomic E-state index is 12.4. The van der Waals surface area contributed by atoms with Gasteiger partial charge in [-0.05, 0) is 0 Å². The molecule has 0 aliphatic rings. The molecule has 0 fully saturated rings. The second-order valence-corrected chi connectivity index (χ2v) is 2.57. The van der Waals surface area contributed by atoms with Crippen molar-refractivity contribution < 1.29 is 45.0 Å². The molecule has 0 N–H and O–H groups in total. The lowest BCUT2D eigenvalue weighted by molar-refractivity contribution is -0.459. The maximum absolute atomic E-state index is 12.4. The van der Waals surface area contributed by atoms with Crippen LogP contribution in [-0.2, 0) is 14.3 Å². The molecule has 0 aliphatic carbocycles. The van der Waals surface area contributed by atoms with Gasteiger partial charge in [0.1, 0.15) is 0 Å². The summed E-state index contributed by atoms with van der Waals surface area (Å²) in [5.74, 6) is -1.43. The van der Waals surface area contributed by atoms with Gasteiger partial charge >= 0.3 is 24.4 Å². The number of hydrogen-bond acceptors (Lipinski definition) is 3. The first kappa shape index (κ1) is 15.7. The Kier molecular flexibility index (Phi) is 4.52. The quantitative estimate of drug-likeness (QED) is 0.437. The van der Waals surface area contributed by atoms with E-state index in [1.54, 1.807) is 0 Å². The number of rotatable bonds is 5. The van der Waals surface area contributed by atoms with Crippen LogP contribution < -0.4 is 0 Å². The lowest BCUT2D eigenvalue weighted by Gasteiger charge is -2.24. The zero-order valence-corrected chi connectivity index (χ0v) is 7.86. The largest absolute Gasteiger partial charge is 0.483 e. The molecule has 3 nitrogen and oxygen atoms in total. The molecule has 0 aliphatic heterocycles. The van der Waals surface area contributed by atoms with Gasteiger partial charge in [-0.15, -0.1) is 0 Å². The van der Waals surface area contributed by atoms with Crippen LogP contribution in [0.15, 0.2) is 12.7 Å². The Bertz CT molecular complexity index is 296. The normalized spacial score (nSPS) is 13.4. The molecular formula is C7H5F7O3. The van der Waals surface area contributed by atoms with E-state index in [0.29, 0.717) is 6.08 Å². The average Bonchev–Trinajstić information content (AvgIpc) is 2.10. The van der Waals surface area contributed by atoms with Crippen molar-refractivity contribution in [2.45, 2.75) is 18.4 Å². The minimum Gasteiger partial charge on any atom is -0.453 e. The fourth-order valence-corrected chi connectivity index (χ4v) is 0.489. The van der Waals surface area contributed by atoms with Crippen molar-refractivity contribution in [2.75, 3.05) is 6.61 Å². The van der Waals surface area contributed by atoms with Gasteiger partial charge in [0.15, 0.2) is 6.61 Å². The summed E-state index contributed by atoms with van der Waals surface area (Å²) in [7, 11) is 0. The van der Waals surface area contributed by atoms with Gasteiger partial charge in [0, 0.05) is 6.08 Å². The van der Waals surface area contributed by atoms with E-state index in [0.717, 1.165) is 0 Å². The number of ether oxygens (including phenoxy) is 2. The van der Waals surface area contributed by atoms with Crippen molar-refractivity contribution in [2.24, 2.45) is 0 Å². The molecule has 0 aromatic carbocycles. The van der Waals surface area contributed by atoms with Gasteiger partial charge in [-0.25, -0.2) is 9.53 Å². The number of halogens is 7. The summed E-state index contributed by atoms with van der Waals surface area (Å²) in [5, 5.41) is 0. The Balaban J connectivity index is 4.54. The summed E-state index contributed by atoms with van der Waals surface area (Å²) in [6.07, 6.45) is -16.9. The highest BCUT2D eigenvalue weighted by Gasteiger charge is 2.64. The predicted molar refractivity (Wildman–Crippen MR) is 38.2 cm³/mol. The van der Waals surface area contributed by atoms with Crippen LogP contribution in [0, 0.1) is 0 Å². The molecule has 0 unspecified atom stereocenters. The summed E-state index contributed by atoms with van der Waals surface area (Å²) in [5.41, 5.74) is 0. The molecule has 0 aromatic rings. The second-order valence-electron chi connectivity index (χ2n) is 2.57. The fourth-order valence-electron chi connectivity index (χ4n) is 0.489. The maximum Gasteiger partial charge on any atom is 0.483 e. The van der Waals surface area contributed by atoms with Crippen LogP contribution in [0.3, 0.4) is 0 Å². The molecule has 0 saturated heterocycles. The Morgan fingerprint density at radius 3 is 1.94 bits per heavy atom. The molecule has 17 heavy (non-hydrogen) atoms. The second kappa shape index (κ2) is 4.90. The van der Waals surface area contributed by atoms with Crippen LogP contribution in [0.4, 0.5) is 30.7 Å². The van der Waals surface area contributed by atoms with Crippen molar-refractivity contribution in [1.29, 1.82) is 0 Å². The van der Waals surface area contributed by atoms with Crippen molar-refractivity contribution in [3.8, 4) is 0 Å². The Morgan fingerprint density at radius 1 is 1.12 bits per heavy atom. The van der Waals surface area contributed by atoms with Gasteiger partial charge in [-0.2, -0.15) is 30.7 Å². The molecule has 0 heterocycles. The summed E-state index contributed by atoms with van der Waals surface area (Å²) in [6.45, 7) is 0.693. The third kappa shape index (κ3) is 5.02. The molecule has 0 amide bonds. The predicted octanol–water partition coefficient (Wildman–Crippen LogP) is 2.48. The smallest absolute Gasteiger partial charge is 0.453 e. The van der Waals surface area contributed by atoms with E-state index in [1.807, 2.05) is 0 Å². The third-order valence-electron chi connectivity index (χ3n) is 1.16. The van der Waals surface area contributed by atoms with E-state index < -0.39 is 31.0 Å². The van der Waals surface area contributed by atoms with E-state index in [-0.39, 0.29) is 0 Å². The Morgan fingerprint density at radius 2 is 1.59 bits per heavy atom. The topological polar surface area (TPSA) is 35.5 Å². The minimum absolute atomic E-state index is 0.415. The minimum atomic E-state index is -6.31. The van der Waals surface area contributed by atoms with Crippen LogP contribution in [0.5, 0.6) is 0 Å². The lowest BCUT2D eigenvalue weighted by atomic mass is 10.5. The first-order chi connectivity index (χ1) is 7.41.